The summed E-state index contributed by atoms with van der Waals surface area (Å²) in [6.45, 7) is 5.81. The summed E-state index contributed by atoms with van der Waals surface area (Å²) in [5, 5.41) is 14.8. The van der Waals surface area contributed by atoms with Gasteiger partial charge in [-0.05, 0) is 18.4 Å². The Morgan fingerprint density at radius 2 is 2.11 bits per heavy atom. The van der Waals surface area contributed by atoms with Crippen molar-refractivity contribution in [2.75, 3.05) is 5.73 Å². The first-order valence-corrected chi connectivity index (χ1v) is 5.92. The highest BCUT2D eigenvalue weighted by molar-refractivity contribution is 5.72. The molecule has 6 nitrogen and oxygen atoms in total. The van der Waals surface area contributed by atoms with Crippen LogP contribution in [0.3, 0.4) is 0 Å². The molecular formula is C13H15N3O3. The Hall–Kier alpha value is -2.37. The largest absolute Gasteiger partial charge is 0.367 e. The number of hydrogen-bond acceptors (Lipinski definition) is 5. The predicted molar refractivity (Wildman–Crippen MR) is 71.8 cm³/mol. The van der Waals surface area contributed by atoms with E-state index in [1.165, 1.54) is 12.1 Å². The van der Waals surface area contributed by atoms with Crippen LogP contribution in [-0.2, 0) is 0 Å². The molecule has 1 aromatic heterocycles. The highest BCUT2D eigenvalue weighted by atomic mass is 16.6. The Kier molecular flexibility index (Phi) is 3.25. The lowest BCUT2D eigenvalue weighted by Gasteiger charge is -2.07. The molecule has 0 aliphatic heterocycles. The van der Waals surface area contributed by atoms with E-state index in [-0.39, 0.29) is 17.5 Å². The van der Waals surface area contributed by atoms with Gasteiger partial charge < -0.3 is 10.3 Å². The Bertz CT molecular complexity index is 632. The van der Waals surface area contributed by atoms with Crippen molar-refractivity contribution in [1.29, 1.82) is 0 Å². The van der Waals surface area contributed by atoms with Crippen LogP contribution in [0, 0.1) is 17.0 Å². The lowest BCUT2D eigenvalue weighted by Crippen LogP contribution is -1.96. The first kappa shape index (κ1) is 13.1. The molecule has 0 unspecified atom stereocenters. The Morgan fingerprint density at radius 3 is 2.68 bits per heavy atom. The van der Waals surface area contributed by atoms with Crippen molar-refractivity contribution in [1.82, 2.24) is 5.16 Å². The number of nitrogen functional groups attached to an aromatic ring is 1. The van der Waals surface area contributed by atoms with Crippen molar-refractivity contribution >= 4 is 11.6 Å². The zero-order valence-electron chi connectivity index (χ0n) is 11.0. The quantitative estimate of drug-likeness (QED) is 0.675. The summed E-state index contributed by atoms with van der Waals surface area (Å²) >= 11 is 0. The van der Waals surface area contributed by atoms with E-state index in [9.17, 15) is 10.1 Å². The summed E-state index contributed by atoms with van der Waals surface area (Å²) in [4.78, 5) is 10.4. The number of benzene rings is 1. The molecule has 0 bridgehead atoms. The SMILES string of the molecule is Cc1ccc([N+](=O)[O-])cc1-c1noc(N)c1C(C)C. The second-order valence-corrected chi connectivity index (χ2v) is 4.72. The number of non-ortho nitro benzene ring substituents is 1. The molecule has 19 heavy (non-hydrogen) atoms. The lowest BCUT2D eigenvalue weighted by molar-refractivity contribution is -0.384. The second kappa shape index (κ2) is 4.72. The molecule has 2 rings (SSSR count). The van der Waals surface area contributed by atoms with Gasteiger partial charge in [-0.1, -0.05) is 25.1 Å². The first-order chi connectivity index (χ1) is 8.91. The van der Waals surface area contributed by atoms with Crippen molar-refractivity contribution in [3.05, 3.63) is 39.4 Å². The van der Waals surface area contributed by atoms with Crippen LogP contribution in [0.1, 0.15) is 30.9 Å². The lowest BCUT2D eigenvalue weighted by atomic mass is 9.96. The summed E-state index contributed by atoms with van der Waals surface area (Å²) < 4.78 is 5.02. The molecule has 0 fully saturated rings. The van der Waals surface area contributed by atoms with Crippen molar-refractivity contribution in [3.8, 4) is 11.3 Å². The van der Waals surface area contributed by atoms with Crippen molar-refractivity contribution in [3.63, 3.8) is 0 Å². The zero-order valence-corrected chi connectivity index (χ0v) is 11.0. The number of anilines is 1. The third kappa shape index (κ3) is 2.29. The number of nitro groups is 1. The maximum absolute atomic E-state index is 10.9. The maximum Gasteiger partial charge on any atom is 0.270 e. The standard InChI is InChI=1S/C13H15N3O3/c1-7(2)11-12(15-19-13(11)14)10-6-9(16(17)18)5-4-8(10)3/h4-7H,14H2,1-3H3. The van der Waals surface area contributed by atoms with Crippen LogP contribution in [-0.4, -0.2) is 10.1 Å². The van der Waals surface area contributed by atoms with Gasteiger partial charge >= 0.3 is 0 Å². The molecule has 2 N–H and O–H groups in total. The summed E-state index contributed by atoms with van der Waals surface area (Å²) in [7, 11) is 0. The van der Waals surface area contributed by atoms with Gasteiger partial charge in [0.15, 0.2) is 0 Å². The van der Waals surface area contributed by atoms with Crippen LogP contribution in [0.5, 0.6) is 0 Å². The first-order valence-electron chi connectivity index (χ1n) is 5.92. The molecule has 0 spiro atoms. The number of nitro benzene ring substituents is 1. The van der Waals surface area contributed by atoms with E-state index in [1.807, 2.05) is 20.8 Å². The molecule has 0 aliphatic rings. The minimum atomic E-state index is -0.429. The number of rotatable bonds is 3. The smallest absolute Gasteiger partial charge is 0.270 e. The number of nitrogens with two attached hydrogens (primary N) is 1. The summed E-state index contributed by atoms with van der Waals surface area (Å²) in [5.74, 6) is 0.385. The van der Waals surface area contributed by atoms with E-state index >= 15 is 0 Å². The van der Waals surface area contributed by atoms with Gasteiger partial charge in [0.05, 0.1) is 4.92 Å². The molecule has 0 atom stereocenters. The third-order valence-corrected chi connectivity index (χ3v) is 3.02. The van der Waals surface area contributed by atoms with Gasteiger partial charge in [0.1, 0.15) is 5.69 Å². The van der Waals surface area contributed by atoms with Crippen LogP contribution >= 0.6 is 0 Å². The Labute approximate surface area is 110 Å². The molecule has 0 saturated carbocycles. The Morgan fingerprint density at radius 1 is 1.42 bits per heavy atom. The monoisotopic (exact) mass is 261 g/mol. The van der Waals surface area contributed by atoms with E-state index in [1.54, 1.807) is 6.07 Å². The van der Waals surface area contributed by atoms with Gasteiger partial charge in [0.2, 0.25) is 5.88 Å². The summed E-state index contributed by atoms with van der Waals surface area (Å²) in [6, 6.07) is 4.66. The van der Waals surface area contributed by atoms with Crippen LogP contribution < -0.4 is 5.73 Å². The topological polar surface area (TPSA) is 95.2 Å². The van der Waals surface area contributed by atoms with Crippen LogP contribution in [0.25, 0.3) is 11.3 Å². The van der Waals surface area contributed by atoms with E-state index in [4.69, 9.17) is 10.3 Å². The van der Waals surface area contributed by atoms with Gasteiger partial charge in [0.25, 0.3) is 5.69 Å². The summed E-state index contributed by atoms with van der Waals surface area (Å²) in [6.07, 6.45) is 0. The normalized spacial score (nSPS) is 10.9. The fraction of sp³-hybridized carbons (Fsp3) is 0.308. The molecule has 0 saturated heterocycles. The molecule has 1 aromatic carbocycles. The molecule has 0 amide bonds. The fourth-order valence-corrected chi connectivity index (χ4v) is 2.04. The van der Waals surface area contributed by atoms with Gasteiger partial charge in [-0.25, -0.2) is 0 Å². The van der Waals surface area contributed by atoms with Gasteiger partial charge in [0, 0.05) is 23.3 Å². The summed E-state index contributed by atoms with van der Waals surface area (Å²) in [5.41, 5.74) is 8.72. The minimum absolute atomic E-state index is 0.0249. The molecule has 1 heterocycles. The number of hydrogen-bond donors (Lipinski definition) is 1. The molecular weight excluding hydrogens is 246 g/mol. The van der Waals surface area contributed by atoms with Crippen LogP contribution in [0.15, 0.2) is 22.7 Å². The fourth-order valence-electron chi connectivity index (χ4n) is 2.04. The van der Waals surface area contributed by atoms with Crippen molar-refractivity contribution in [2.45, 2.75) is 26.7 Å². The minimum Gasteiger partial charge on any atom is -0.367 e. The van der Waals surface area contributed by atoms with Crippen LogP contribution in [0.2, 0.25) is 0 Å². The predicted octanol–water partition coefficient (Wildman–Crippen LogP) is 3.26. The van der Waals surface area contributed by atoms with Gasteiger partial charge in [-0.3, -0.25) is 10.1 Å². The van der Waals surface area contributed by atoms with E-state index in [0.29, 0.717) is 11.3 Å². The third-order valence-electron chi connectivity index (χ3n) is 3.02. The van der Waals surface area contributed by atoms with Crippen LogP contribution in [0.4, 0.5) is 11.6 Å². The van der Waals surface area contributed by atoms with E-state index < -0.39 is 4.92 Å². The highest BCUT2D eigenvalue weighted by Crippen LogP contribution is 2.35. The van der Waals surface area contributed by atoms with Crippen molar-refractivity contribution < 1.29 is 9.45 Å². The average Bonchev–Trinajstić information content (AvgIpc) is 2.71. The Balaban J connectivity index is 2.65. The van der Waals surface area contributed by atoms with Gasteiger partial charge in [-0.15, -0.1) is 0 Å². The number of nitrogens with zero attached hydrogens (tertiary/aromatic N) is 2. The van der Waals surface area contributed by atoms with E-state index in [0.717, 1.165) is 11.1 Å². The molecule has 0 aliphatic carbocycles. The molecule has 0 radical (unpaired) electrons. The average molecular weight is 261 g/mol. The maximum atomic E-state index is 10.9. The molecule has 6 heteroatoms. The molecule has 2 aromatic rings. The van der Waals surface area contributed by atoms with Crippen molar-refractivity contribution in [2.24, 2.45) is 0 Å². The highest BCUT2D eigenvalue weighted by Gasteiger charge is 2.21. The zero-order chi connectivity index (χ0) is 14.2. The number of aryl methyl sites for hydroxylation is 1. The van der Waals surface area contributed by atoms with E-state index in [2.05, 4.69) is 5.16 Å². The number of aromatic nitrogens is 1. The second-order valence-electron chi connectivity index (χ2n) is 4.72. The molecule has 100 valence electrons. The van der Waals surface area contributed by atoms with Gasteiger partial charge in [-0.2, -0.15) is 0 Å².